The topological polar surface area (TPSA) is 44.1 Å². The van der Waals surface area contributed by atoms with E-state index in [1.807, 2.05) is 19.1 Å². The van der Waals surface area contributed by atoms with Crippen LogP contribution >= 0.6 is 0 Å². The van der Waals surface area contributed by atoms with Crippen molar-refractivity contribution in [2.24, 2.45) is 0 Å². The molecule has 0 N–H and O–H groups in total. The Labute approximate surface area is 139 Å². The number of hydrogen-bond acceptors (Lipinski definition) is 3. The Hall–Kier alpha value is -2.95. The second kappa shape index (κ2) is 6.66. The lowest BCUT2D eigenvalue weighted by Gasteiger charge is -2.08. The molecular formula is C19H17FN2O2. The Morgan fingerprint density at radius 1 is 1.17 bits per heavy atom. The number of ether oxygens (including phenoxy) is 1. The average Bonchev–Trinajstić information content (AvgIpc) is 2.95. The molecule has 0 fully saturated rings. The number of carbonyl (C=O) groups excluding carboxylic acids is 1. The van der Waals surface area contributed by atoms with Gasteiger partial charge < -0.3 is 4.74 Å². The molecule has 0 atom stereocenters. The fourth-order valence-corrected chi connectivity index (χ4v) is 2.37. The molecule has 0 aliphatic carbocycles. The molecule has 0 aliphatic heterocycles. The van der Waals surface area contributed by atoms with Crippen LogP contribution in [0.5, 0.6) is 5.88 Å². The van der Waals surface area contributed by atoms with Crippen molar-refractivity contribution >= 4 is 5.97 Å². The van der Waals surface area contributed by atoms with E-state index in [0.29, 0.717) is 16.9 Å². The summed E-state index contributed by atoms with van der Waals surface area (Å²) in [6, 6.07) is 14.9. The molecule has 0 spiro atoms. The second-order valence-electron chi connectivity index (χ2n) is 5.46. The van der Waals surface area contributed by atoms with Gasteiger partial charge in [-0.3, -0.25) is 0 Å². The number of aryl methyl sites for hydroxylation is 2. The van der Waals surface area contributed by atoms with Crippen molar-refractivity contribution in [1.82, 2.24) is 9.78 Å². The summed E-state index contributed by atoms with van der Waals surface area (Å²) in [5, 5.41) is 4.27. The molecule has 0 saturated heterocycles. The van der Waals surface area contributed by atoms with Gasteiger partial charge in [0.2, 0.25) is 5.88 Å². The lowest BCUT2D eigenvalue weighted by atomic mass is 10.1. The Morgan fingerprint density at radius 3 is 2.58 bits per heavy atom. The van der Waals surface area contributed by atoms with E-state index in [0.717, 1.165) is 12.0 Å². The van der Waals surface area contributed by atoms with Crippen molar-refractivity contribution in [2.75, 3.05) is 0 Å². The standard InChI is InChI=1S/C19H17FN2O2/c1-3-14-7-9-15(10-8-14)19(23)24-18-11-13(2)21-22(18)17-6-4-5-16(20)12-17/h4-12H,3H2,1-2H3. The molecule has 1 aromatic heterocycles. The van der Waals surface area contributed by atoms with E-state index in [9.17, 15) is 9.18 Å². The van der Waals surface area contributed by atoms with Crippen molar-refractivity contribution in [3.63, 3.8) is 0 Å². The van der Waals surface area contributed by atoms with E-state index < -0.39 is 5.97 Å². The summed E-state index contributed by atoms with van der Waals surface area (Å²) in [5.41, 5.74) is 2.76. The van der Waals surface area contributed by atoms with Gasteiger partial charge in [-0.2, -0.15) is 5.10 Å². The molecule has 0 bridgehead atoms. The van der Waals surface area contributed by atoms with Crippen LogP contribution in [-0.2, 0) is 6.42 Å². The summed E-state index contributed by atoms with van der Waals surface area (Å²) in [7, 11) is 0. The van der Waals surface area contributed by atoms with Crippen LogP contribution < -0.4 is 4.74 Å². The third-order valence-corrected chi connectivity index (χ3v) is 3.65. The highest BCUT2D eigenvalue weighted by molar-refractivity contribution is 5.91. The van der Waals surface area contributed by atoms with Gasteiger partial charge in [-0.15, -0.1) is 0 Å². The maximum atomic E-state index is 13.4. The first-order valence-electron chi connectivity index (χ1n) is 7.70. The van der Waals surface area contributed by atoms with Gasteiger partial charge in [0, 0.05) is 6.07 Å². The van der Waals surface area contributed by atoms with Crippen molar-refractivity contribution in [2.45, 2.75) is 20.3 Å². The molecule has 0 unspecified atom stereocenters. The molecule has 0 aliphatic rings. The lowest BCUT2D eigenvalue weighted by Crippen LogP contribution is -2.12. The van der Waals surface area contributed by atoms with Gasteiger partial charge in [0.25, 0.3) is 0 Å². The summed E-state index contributed by atoms with van der Waals surface area (Å²) in [6.07, 6.45) is 0.904. The fraction of sp³-hybridized carbons (Fsp3) is 0.158. The number of rotatable bonds is 4. The molecule has 5 heteroatoms. The van der Waals surface area contributed by atoms with Crippen LogP contribution in [0, 0.1) is 12.7 Å². The lowest BCUT2D eigenvalue weighted by molar-refractivity contribution is 0.0723. The van der Waals surface area contributed by atoms with Gasteiger partial charge in [-0.1, -0.05) is 25.1 Å². The molecule has 3 aromatic rings. The van der Waals surface area contributed by atoms with Crippen LogP contribution in [0.4, 0.5) is 4.39 Å². The maximum Gasteiger partial charge on any atom is 0.344 e. The van der Waals surface area contributed by atoms with Gasteiger partial charge >= 0.3 is 5.97 Å². The van der Waals surface area contributed by atoms with E-state index in [-0.39, 0.29) is 11.7 Å². The number of benzene rings is 2. The number of nitrogens with zero attached hydrogens (tertiary/aromatic N) is 2. The zero-order chi connectivity index (χ0) is 17.1. The number of carbonyl (C=O) groups is 1. The number of hydrogen-bond donors (Lipinski definition) is 0. The van der Waals surface area contributed by atoms with Gasteiger partial charge in [-0.05, 0) is 49.2 Å². The van der Waals surface area contributed by atoms with E-state index in [1.165, 1.54) is 16.8 Å². The zero-order valence-electron chi connectivity index (χ0n) is 13.5. The van der Waals surface area contributed by atoms with E-state index in [4.69, 9.17) is 4.74 Å². The number of esters is 1. The zero-order valence-corrected chi connectivity index (χ0v) is 13.5. The Bertz CT molecular complexity index is 869. The molecule has 0 saturated carbocycles. The molecule has 0 amide bonds. The van der Waals surface area contributed by atoms with Crippen LogP contribution in [0.1, 0.15) is 28.5 Å². The monoisotopic (exact) mass is 324 g/mol. The minimum atomic E-state index is -0.477. The number of halogens is 1. The molecule has 2 aromatic carbocycles. The molecular weight excluding hydrogens is 307 g/mol. The van der Waals surface area contributed by atoms with Crippen molar-refractivity contribution in [1.29, 1.82) is 0 Å². The van der Waals surface area contributed by atoms with Gasteiger partial charge in [0.05, 0.1) is 16.9 Å². The van der Waals surface area contributed by atoms with Crippen molar-refractivity contribution < 1.29 is 13.9 Å². The van der Waals surface area contributed by atoms with Crippen LogP contribution in [0.2, 0.25) is 0 Å². The van der Waals surface area contributed by atoms with Gasteiger partial charge in [0.15, 0.2) is 0 Å². The molecule has 3 rings (SSSR count). The fourth-order valence-electron chi connectivity index (χ4n) is 2.37. The smallest absolute Gasteiger partial charge is 0.344 e. The highest BCUT2D eigenvalue weighted by Gasteiger charge is 2.15. The van der Waals surface area contributed by atoms with Crippen LogP contribution in [0.3, 0.4) is 0 Å². The van der Waals surface area contributed by atoms with E-state index in [2.05, 4.69) is 5.10 Å². The molecule has 122 valence electrons. The largest absolute Gasteiger partial charge is 0.404 e. The molecule has 1 heterocycles. The quantitative estimate of drug-likeness (QED) is 0.679. The van der Waals surface area contributed by atoms with Crippen LogP contribution in [0.25, 0.3) is 5.69 Å². The summed E-state index contributed by atoms with van der Waals surface area (Å²) >= 11 is 0. The normalized spacial score (nSPS) is 10.6. The minimum Gasteiger partial charge on any atom is -0.404 e. The van der Waals surface area contributed by atoms with Gasteiger partial charge in [-0.25, -0.2) is 13.9 Å². The highest BCUT2D eigenvalue weighted by atomic mass is 19.1. The SMILES string of the molecule is CCc1ccc(C(=O)Oc2cc(C)nn2-c2cccc(F)c2)cc1. The average molecular weight is 324 g/mol. The van der Waals surface area contributed by atoms with Crippen molar-refractivity contribution in [3.05, 3.63) is 77.2 Å². The first kappa shape index (κ1) is 15.9. The van der Waals surface area contributed by atoms with E-state index >= 15 is 0 Å². The van der Waals surface area contributed by atoms with E-state index in [1.54, 1.807) is 37.3 Å². The Kier molecular flexibility index (Phi) is 4.42. The predicted molar refractivity (Wildman–Crippen MR) is 89.0 cm³/mol. The first-order valence-corrected chi connectivity index (χ1v) is 7.70. The van der Waals surface area contributed by atoms with Crippen LogP contribution in [0.15, 0.2) is 54.6 Å². The number of aromatic nitrogens is 2. The van der Waals surface area contributed by atoms with Gasteiger partial charge in [0.1, 0.15) is 5.82 Å². The summed E-state index contributed by atoms with van der Waals surface area (Å²) in [5.74, 6) is -0.606. The third-order valence-electron chi connectivity index (χ3n) is 3.65. The first-order chi connectivity index (χ1) is 11.6. The minimum absolute atomic E-state index is 0.252. The predicted octanol–water partition coefficient (Wildman–Crippen LogP) is 4.10. The maximum absolute atomic E-state index is 13.4. The molecule has 4 nitrogen and oxygen atoms in total. The molecule has 0 radical (unpaired) electrons. The summed E-state index contributed by atoms with van der Waals surface area (Å²) in [4.78, 5) is 12.3. The van der Waals surface area contributed by atoms with Crippen LogP contribution in [-0.4, -0.2) is 15.7 Å². The van der Waals surface area contributed by atoms with Crippen molar-refractivity contribution in [3.8, 4) is 11.6 Å². The summed E-state index contributed by atoms with van der Waals surface area (Å²) < 4.78 is 20.3. The Morgan fingerprint density at radius 2 is 1.92 bits per heavy atom. The highest BCUT2D eigenvalue weighted by Crippen LogP contribution is 2.21. The Balaban J connectivity index is 1.88. The third kappa shape index (κ3) is 3.35. The molecule has 24 heavy (non-hydrogen) atoms. The summed E-state index contributed by atoms with van der Waals surface area (Å²) in [6.45, 7) is 3.83. The second-order valence-corrected chi connectivity index (χ2v) is 5.46.